The van der Waals surface area contributed by atoms with Crippen molar-refractivity contribution in [2.24, 2.45) is 9.98 Å². The van der Waals surface area contributed by atoms with Crippen molar-refractivity contribution >= 4 is 30.0 Å². The van der Waals surface area contributed by atoms with E-state index in [-0.39, 0.29) is 5.84 Å². The highest BCUT2D eigenvalue weighted by atomic mass is 35.5. The van der Waals surface area contributed by atoms with Crippen molar-refractivity contribution < 1.29 is 0 Å². The molecule has 3 nitrogen and oxygen atoms in total. The minimum absolute atomic E-state index is 0.170. The molecule has 0 aromatic heterocycles. The molecule has 3 aromatic carbocycles. The van der Waals surface area contributed by atoms with Gasteiger partial charge in [0.15, 0.2) is 11.7 Å². The first-order valence-corrected chi connectivity index (χ1v) is 8.76. The minimum Gasteiger partial charge on any atom is -0.282 e. The molecule has 0 unspecified atom stereocenters. The van der Waals surface area contributed by atoms with Crippen LogP contribution in [0.2, 0.25) is 0 Å². The van der Waals surface area contributed by atoms with Crippen molar-refractivity contribution in [2.45, 2.75) is 0 Å². The van der Waals surface area contributed by atoms with Crippen molar-refractivity contribution in [3.05, 3.63) is 96.1 Å². The number of amidine groups is 2. The van der Waals surface area contributed by atoms with Crippen molar-refractivity contribution in [1.29, 1.82) is 5.41 Å². The Morgan fingerprint density at radius 1 is 0.769 bits per heavy atom. The number of benzene rings is 3. The molecule has 0 amide bonds. The van der Waals surface area contributed by atoms with Gasteiger partial charge in [-0.15, -0.1) is 11.6 Å². The van der Waals surface area contributed by atoms with Gasteiger partial charge in [0.1, 0.15) is 0 Å². The lowest BCUT2D eigenvalue weighted by Gasteiger charge is -2.06. The van der Waals surface area contributed by atoms with Crippen LogP contribution in [0.4, 0.5) is 0 Å². The second-order valence-corrected chi connectivity index (χ2v) is 5.25. The summed E-state index contributed by atoms with van der Waals surface area (Å²) in [5.74, 6) is 0.616. The van der Waals surface area contributed by atoms with Crippen molar-refractivity contribution in [2.75, 3.05) is 6.38 Å². The first kappa shape index (κ1) is 19.3. The number of alkyl halides is 1. The Balaban J connectivity index is 0.00000117. The molecule has 0 aliphatic rings. The lowest BCUT2D eigenvalue weighted by atomic mass is 10.0. The summed E-state index contributed by atoms with van der Waals surface area (Å²) in [7, 11) is 0. The monoisotopic (exact) mass is 361 g/mol. The van der Waals surface area contributed by atoms with E-state index in [0.717, 1.165) is 22.3 Å². The van der Waals surface area contributed by atoms with Crippen LogP contribution in [0.25, 0.3) is 11.1 Å². The number of halogens is 1. The van der Waals surface area contributed by atoms with Crippen LogP contribution in [-0.4, -0.2) is 24.8 Å². The maximum absolute atomic E-state index is 8.16. The van der Waals surface area contributed by atoms with Gasteiger partial charge in [-0.2, -0.15) is 0 Å². The maximum atomic E-state index is 8.16. The normalized spacial score (nSPS) is 10.5. The van der Waals surface area contributed by atoms with Crippen molar-refractivity contribution in [3.63, 3.8) is 0 Å². The lowest BCUT2D eigenvalue weighted by molar-refractivity contribution is 1.40. The molecule has 0 fully saturated rings. The number of aliphatic imine (C=N–C) groups is 2. The van der Waals surface area contributed by atoms with Crippen molar-refractivity contribution in [3.8, 4) is 11.1 Å². The van der Waals surface area contributed by atoms with E-state index in [0.29, 0.717) is 5.84 Å². The summed E-state index contributed by atoms with van der Waals surface area (Å²) in [6.07, 6.45) is 1.47. The summed E-state index contributed by atoms with van der Waals surface area (Å²) < 4.78 is 0. The number of rotatable bonds is 3. The van der Waals surface area contributed by atoms with Crippen LogP contribution in [0, 0.1) is 5.41 Å². The van der Waals surface area contributed by atoms with E-state index in [9.17, 15) is 0 Å². The third-order valence-electron chi connectivity index (χ3n) is 3.64. The molecule has 0 aliphatic heterocycles. The number of nitrogens with zero attached hydrogens (tertiary/aromatic N) is 2. The number of hydrogen-bond donors (Lipinski definition) is 1. The summed E-state index contributed by atoms with van der Waals surface area (Å²) in [5, 5.41) is 8.16. The molecule has 0 heterocycles. The predicted octanol–water partition coefficient (Wildman–Crippen LogP) is 5.68. The molecular formula is C22H20ClN3. The van der Waals surface area contributed by atoms with Gasteiger partial charge < -0.3 is 0 Å². The highest BCUT2D eigenvalue weighted by Crippen LogP contribution is 2.20. The highest BCUT2D eigenvalue weighted by Gasteiger charge is 2.06. The molecule has 0 saturated carbocycles. The van der Waals surface area contributed by atoms with E-state index in [2.05, 4.69) is 40.4 Å². The summed E-state index contributed by atoms with van der Waals surface area (Å²) in [6.45, 7) is 3.61. The van der Waals surface area contributed by atoms with Crippen molar-refractivity contribution in [1.82, 2.24) is 0 Å². The highest BCUT2D eigenvalue weighted by molar-refractivity contribution is 6.15. The Labute approximate surface area is 159 Å². The lowest BCUT2D eigenvalue weighted by Crippen LogP contribution is -2.03. The second-order valence-electron chi connectivity index (χ2n) is 5.25. The minimum atomic E-state index is 0.170. The van der Waals surface area contributed by atoms with E-state index < -0.39 is 0 Å². The average molecular weight is 362 g/mol. The summed E-state index contributed by atoms with van der Waals surface area (Å²) in [6, 6.07) is 27.5. The first-order chi connectivity index (χ1) is 12.8. The van der Waals surface area contributed by atoms with E-state index >= 15 is 0 Å². The molecule has 0 radical (unpaired) electrons. The van der Waals surface area contributed by atoms with Crippen LogP contribution >= 0.6 is 11.6 Å². The standard InChI is InChI=1S/C21H17N3.CH3Cl/c1-23-21(24-20(22)17-11-6-3-7-12-17)19-14-8-13-18(15-19)16-9-4-2-5-10-16;1-2/h2-15,22H,1H2;1H3. The molecule has 26 heavy (non-hydrogen) atoms. The van der Waals surface area contributed by atoms with Crippen LogP contribution in [0.3, 0.4) is 0 Å². The van der Waals surface area contributed by atoms with Gasteiger partial charge in [0.25, 0.3) is 0 Å². The van der Waals surface area contributed by atoms with Gasteiger partial charge in [0.2, 0.25) is 0 Å². The molecule has 4 heteroatoms. The Kier molecular flexibility index (Phi) is 7.47. The van der Waals surface area contributed by atoms with E-state index in [4.69, 9.17) is 5.41 Å². The largest absolute Gasteiger partial charge is 0.282 e. The summed E-state index contributed by atoms with van der Waals surface area (Å²) >= 11 is 4.64. The Morgan fingerprint density at radius 3 is 1.92 bits per heavy atom. The fourth-order valence-corrected chi connectivity index (χ4v) is 2.43. The fourth-order valence-electron chi connectivity index (χ4n) is 2.43. The van der Waals surface area contributed by atoms with Crippen LogP contribution < -0.4 is 0 Å². The van der Waals surface area contributed by atoms with Crippen LogP contribution in [-0.2, 0) is 0 Å². The molecule has 3 rings (SSSR count). The fraction of sp³-hybridized carbons (Fsp3) is 0.0455. The molecule has 0 aliphatic carbocycles. The van der Waals surface area contributed by atoms with Crippen LogP contribution in [0.15, 0.2) is 94.9 Å². The van der Waals surface area contributed by atoms with E-state index in [1.54, 1.807) is 0 Å². The van der Waals surface area contributed by atoms with Gasteiger partial charge in [-0.25, -0.2) is 9.98 Å². The van der Waals surface area contributed by atoms with E-state index in [1.807, 2.05) is 72.8 Å². The van der Waals surface area contributed by atoms with E-state index in [1.165, 1.54) is 6.38 Å². The van der Waals surface area contributed by atoms with Gasteiger partial charge in [0.05, 0.1) is 0 Å². The van der Waals surface area contributed by atoms with Crippen LogP contribution in [0.5, 0.6) is 0 Å². The number of nitrogens with one attached hydrogen (secondary N) is 1. The third kappa shape index (κ3) is 4.98. The zero-order valence-corrected chi connectivity index (χ0v) is 15.3. The molecule has 3 aromatic rings. The SMILES string of the molecule is C=NC(=NC(=N)c1ccccc1)c1cccc(-c2ccccc2)c1.CCl. The average Bonchev–Trinajstić information content (AvgIpc) is 2.74. The molecular weight excluding hydrogens is 342 g/mol. The Bertz CT molecular complexity index is 888. The quantitative estimate of drug-likeness (QED) is 0.354. The Hall–Kier alpha value is -3.04. The summed E-state index contributed by atoms with van der Waals surface area (Å²) in [4.78, 5) is 8.36. The maximum Gasteiger partial charge on any atom is 0.161 e. The van der Waals surface area contributed by atoms with Gasteiger partial charge in [0, 0.05) is 17.5 Å². The molecule has 0 saturated heterocycles. The second kappa shape index (κ2) is 10.1. The molecule has 1 N–H and O–H groups in total. The van der Waals surface area contributed by atoms with Gasteiger partial charge in [-0.05, 0) is 23.9 Å². The van der Waals surface area contributed by atoms with Gasteiger partial charge in [-0.1, -0.05) is 78.9 Å². The molecule has 0 spiro atoms. The molecule has 0 atom stereocenters. The zero-order chi connectivity index (χ0) is 18.8. The predicted molar refractivity (Wildman–Crippen MR) is 113 cm³/mol. The smallest absolute Gasteiger partial charge is 0.161 e. The van der Waals surface area contributed by atoms with Gasteiger partial charge in [-0.3, -0.25) is 5.41 Å². The Morgan fingerprint density at radius 2 is 1.31 bits per heavy atom. The van der Waals surface area contributed by atoms with Crippen LogP contribution in [0.1, 0.15) is 11.1 Å². The van der Waals surface area contributed by atoms with Gasteiger partial charge >= 0.3 is 0 Å². The number of hydrogen-bond acceptors (Lipinski definition) is 1. The zero-order valence-electron chi connectivity index (χ0n) is 14.6. The third-order valence-corrected chi connectivity index (χ3v) is 3.64. The molecule has 0 bridgehead atoms. The summed E-state index contributed by atoms with van der Waals surface area (Å²) in [5.41, 5.74) is 3.79. The molecule has 130 valence electrons. The first-order valence-electron chi connectivity index (χ1n) is 8.01. The topological polar surface area (TPSA) is 48.6 Å².